The summed E-state index contributed by atoms with van der Waals surface area (Å²) in [6.45, 7) is 2.69. The first-order valence-corrected chi connectivity index (χ1v) is 9.30. The smallest absolute Gasteiger partial charge is 0.339 e. The van der Waals surface area contributed by atoms with Crippen molar-refractivity contribution in [3.63, 3.8) is 0 Å². The van der Waals surface area contributed by atoms with E-state index in [1.54, 1.807) is 0 Å². The summed E-state index contributed by atoms with van der Waals surface area (Å²) in [6.07, 6.45) is 1.58. The molecule has 9 heteroatoms. The van der Waals surface area contributed by atoms with Crippen molar-refractivity contribution in [2.24, 2.45) is 0 Å². The third kappa shape index (κ3) is 2.60. The highest BCUT2D eigenvalue weighted by Gasteiger charge is 2.37. The SMILES string of the molecule is C[Si]1Cn2ncc(C(=O)O)c2C(=O)N1c1ccc(C(C)(F)F)cc1. The van der Waals surface area contributed by atoms with Crippen molar-refractivity contribution in [1.29, 1.82) is 0 Å². The number of hydrogen-bond acceptors (Lipinski definition) is 3. The highest BCUT2D eigenvalue weighted by atomic mass is 28.3. The molecule has 1 aliphatic rings. The topological polar surface area (TPSA) is 75.4 Å². The summed E-state index contributed by atoms with van der Waals surface area (Å²) in [5.74, 6) is -4.65. The number of aromatic carboxylic acids is 1. The van der Waals surface area contributed by atoms with E-state index in [9.17, 15) is 23.5 Å². The molecule has 0 bridgehead atoms. The summed E-state index contributed by atoms with van der Waals surface area (Å²) < 4.78 is 29.6. The molecule has 1 aromatic heterocycles. The lowest BCUT2D eigenvalue weighted by molar-refractivity contribution is 0.0175. The molecule has 1 aliphatic heterocycles. The van der Waals surface area contributed by atoms with Gasteiger partial charge in [0, 0.05) is 18.2 Å². The van der Waals surface area contributed by atoms with Gasteiger partial charge in [0.1, 0.15) is 11.3 Å². The monoisotopic (exact) mass is 350 g/mol. The summed E-state index contributed by atoms with van der Waals surface area (Å²) in [7, 11) is -1.40. The number of amides is 1. The number of halogens is 2. The molecule has 0 fully saturated rings. The van der Waals surface area contributed by atoms with Crippen LogP contribution in [-0.4, -0.2) is 35.7 Å². The molecule has 0 aliphatic carbocycles. The van der Waals surface area contributed by atoms with Crippen LogP contribution in [0.4, 0.5) is 14.5 Å². The van der Waals surface area contributed by atoms with Crippen molar-refractivity contribution in [2.45, 2.75) is 25.6 Å². The van der Waals surface area contributed by atoms with E-state index in [1.165, 1.54) is 33.5 Å². The van der Waals surface area contributed by atoms with E-state index in [4.69, 9.17) is 0 Å². The number of hydrogen-bond donors (Lipinski definition) is 1. The van der Waals surface area contributed by atoms with Crippen LogP contribution >= 0.6 is 0 Å². The number of anilines is 1. The molecular weight excluding hydrogens is 336 g/mol. The van der Waals surface area contributed by atoms with Crippen LogP contribution in [0.3, 0.4) is 0 Å². The maximum absolute atomic E-state index is 13.3. The average Bonchev–Trinajstić information content (AvgIpc) is 2.91. The number of carbonyl (C=O) groups is 2. The Morgan fingerprint density at radius 2 is 1.96 bits per heavy atom. The van der Waals surface area contributed by atoms with Gasteiger partial charge in [0.2, 0.25) is 0 Å². The molecule has 2 heterocycles. The summed E-state index contributed by atoms with van der Waals surface area (Å²) in [4.78, 5) is 24.0. The lowest BCUT2D eigenvalue weighted by Crippen LogP contribution is -2.50. The third-order valence-corrected chi connectivity index (χ3v) is 5.85. The molecule has 1 N–H and O–H groups in total. The van der Waals surface area contributed by atoms with Crippen molar-refractivity contribution >= 4 is 26.5 Å². The number of carboxylic acid groups (broad SMARTS) is 1. The van der Waals surface area contributed by atoms with Gasteiger partial charge in [-0.1, -0.05) is 18.7 Å². The van der Waals surface area contributed by atoms with Gasteiger partial charge in [-0.05, 0) is 12.1 Å². The van der Waals surface area contributed by atoms with Gasteiger partial charge in [-0.15, -0.1) is 0 Å². The van der Waals surface area contributed by atoms with E-state index in [2.05, 4.69) is 5.10 Å². The van der Waals surface area contributed by atoms with Gasteiger partial charge in [-0.25, -0.2) is 13.6 Å². The Labute approximate surface area is 138 Å². The van der Waals surface area contributed by atoms with Gasteiger partial charge in [-0.3, -0.25) is 9.48 Å². The zero-order valence-corrected chi connectivity index (χ0v) is 14.0. The first-order valence-electron chi connectivity index (χ1n) is 7.14. The maximum atomic E-state index is 13.3. The van der Waals surface area contributed by atoms with Gasteiger partial charge in [0.25, 0.3) is 11.8 Å². The normalized spacial score (nSPS) is 15.5. The second-order valence-electron chi connectivity index (χ2n) is 5.68. The summed E-state index contributed by atoms with van der Waals surface area (Å²) >= 11 is 0. The quantitative estimate of drug-likeness (QED) is 0.863. The highest BCUT2D eigenvalue weighted by Crippen LogP contribution is 2.30. The Kier molecular flexibility index (Phi) is 3.75. The molecule has 6 nitrogen and oxygen atoms in total. The van der Waals surface area contributed by atoms with Crippen LogP contribution < -0.4 is 4.57 Å². The summed E-state index contributed by atoms with van der Waals surface area (Å²) in [5, 5.41) is 13.2. The van der Waals surface area contributed by atoms with Crippen LogP contribution in [0.2, 0.25) is 6.55 Å². The number of carboxylic acids is 1. The van der Waals surface area contributed by atoms with Gasteiger partial charge < -0.3 is 9.67 Å². The molecule has 1 aromatic carbocycles. The van der Waals surface area contributed by atoms with Crippen LogP contribution in [0.15, 0.2) is 30.5 Å². The summed E-state index contributed by atoms with van der Waals surface area (Å²) in [6, 6.07) is 5.49. The Morgan fingerprint density at radius 1 is 1.33 bits per heavy atom. The van der Waals surface area contributed by atoms with E-state index in [0.29, 0.717) is 11.9 Å². The number of rotatable bonds is 3. The number of nitrogens with zero attached hydrogens (tertiary/aromatic N) is 3. The van der Waals surface area contributed by atoms with Crippen molar-refractivity contribution < 1.29 is 23.5 Å². The van der Waals surface area contributed by atoms with Crippen LogP contribution in [-0.2, 0) is 12.1 Å². The second-order valence-corrected chi connectivity index (χ2v) is 7.91. The van der Waals surface area contributed by atoms with Crippen LogP contribution in [0.1, 0.15) is 33.3 Å². The van der Waals surface area contributed by atoms with E-state index in [1.807, 2.05) is 6.55 Å². The highest BCUT2D eigenvalue weighted by molar-refractivity contribution is 6.67. The van der Waals surface area contributed by atoms with Crippen LogP contribution in [0.25, 0.3) is 0 Å². The van der Waals surface area contributed by atoms with Gasteiger partial charge in [0.15, 0.2) is 8.96 Å². The van der Waals surface area contributed by atoms with Crippen molar-refractivity contribution in [1.82, 2.24) is 9.78 Å². The number of aromatic nitrogens is 2. The molecule has 0 atom stereocenters. The molecule has 2 aromatic rings. The second kappa shape index (κ2) is 5.51. The zero-order valence-electron chi connectivity index (χ0n) is 13.0. The number of benzene rings is 1. The molecule has 0 saturated heterocycles. The van der Waals surface area contributed by atoms with Gasteiger partial charge in [-0.2, -0.15) is 5.10 Å². The molecular formula is C15H14F2N3O3Si. The Morgan fingerprint density at radius 3 is 2.50 bits per heavy atom. The Balaban J connectivity index is 2.01. The van der Waals surface area contributed by atoms with Gasteiger partial charge in [0.05, 0.1) is 12.4 Å². The molecule has 0 unspecified atom stereocenters. The Hall–Kier alpha value is -2.55. The lowest BCUT2D eigenvalue weighted by Gasteiger charge is -2.33. The fraction of sp³-hybridized carbons (Fsp3) is 0.267. The predicted octanol–water partition coefficient (Wildman–Crippen LogP) is 2.51. The molecule has 24 heavy (non-hydrogen) atoms. The maximum Gasteiger partial charge on any atom is 0.339 e. The number of carbonyl (C=O) groups excluding carboxylic acids is 1. The molecule has 0 spiro atoms. The van der Waals surface area contributed by atoms with E-state index >= 15 is 0 Å². The Bertz CT molecular complexity index is 814. The van der Waals surface area contributed by atoms with Crippen LogP contribution in [0.5, 0.6) is 0 Å². The number of alkyl halides is 2. The van der Waals surface area contributed by atoms with Crippen LogP contribution in [0, 0.1) is 0 Å². The minimum atomic E-state index is -2.96. The van der Waals surface area contributed by atoms with Crippen molar-refractivity contribution in [3.8, 4) is 0 Å². The molecule has 125 valence electrons. The first-order chi connectivity index (χ1) is 11.2. The van der Waals surface area contributed by atoms with E-state index < -0.39 is 26.8 Å². The van der Waals surface area contributed by atoms with E-state index in [-0.39, 0.29) is 16.8 Å². The zero-order chi connectivity index (χ0) is 17.6. The summed E-state index contributed by atoms with van der Waals surface area (Å²) in [5.41, 5.74) is 0.198. The van der Waals surface area contributed by atoms with Gasteiger partial charge >= 0.3 is 5.97 Å². The average molecular weight is 350 g/mol. The lowest BCUT2D eigenvalue weighted by atomic mass is 10.1. The third-order valence-electron chi connectivity index (χ3n) is 3.87. The fourth-order valence-electron chi connectivity index (χ4n) is 2.69. The molecule has 1 radical (unpaired) electrons. The minimum absolute atomic E-state index is 0.0167. The van der Waals surface area contributed by atoms with Crippen molar-refractivity contribution in [3.05, 3.63) is 47.3 Å². The standard InChI is InChI=1S/C15H14F2N3O3Si/c1-15(16,17)9-3-5-10(6-4-9)20-13(21)12-11(14(22)23)7-18-19(12)8-24(20)2/h3-7H,8H2,1-2H3,(H,22,23). The first kappa shape index (κ1) is 16.3. The number of fused-ring (bicyclic) bond motifs is 1. The fourth-order valence-corrected chi connectivity index (χ4v) is 4.55. The minimum Gasteiger partial charge on any atom is -0.478 e. The largest absolute Gasteiger partial charge is 0.478 e. The van der Waals surface area contributed by atoms with Crippen molar-refractivity contribution in [2.75, 3.05) is 4.57 Å². The molecule has 0 saturated carbocycles. The molecule has 3 rings (SSSR count). The molecule has 1 amide bonds. The van der Waals surface area contributed by atoms with E-state index in [0.717, 1.165) is 13.1 Å². The predicted molar refractivity (Wildman–Crippen MR) is 83.6 cm³/mol.